The Bertz CT molecular complexity index is 2140. The summed E-state index contributed by atoms with van der Waals surface area (Å²) in [6.07, 6.45) is 13.9. The molecule has 14 nitrogen and oxygen atoms in total. The minimum absolute atomic E-state index is 0.0158. The molecule has 7 rings (SSSR count). The van der Waals surface area contributed by atoms with Crippen LogP contribution in [0.1, 0.15) is 121 Å². The van der Waals surface area contributed by atoms with Crippen molar-refractivity contribution in [2.24, 2.45) is 29.6 Å². The quantitative estimate of drug-likeness (QED) is 0.0293. The molecule has 0 spiro atoms. The summed E-state index contributed by atoms with van der Waals surface area (Å²) >= 11 is 0. The summed E-state index contributed by atoms with van der Waals surface area (Å²) in [7, 11) is -4.02. The third-order valence-corrected chi connectivity index (χ3v) is 14.7. The summed E-state index contributed by atoms with van der Waals surface area (Å²) in [5.74, 6) is 0.939. The lowest BCUT2D eigenvalue weighted by atomic mass is 9.84. The lowest BCUT2D eigenvalue weighted by Gasteiger charge is -2.31. The zero-order chi connectivity index (χ0) is 51.8. The molecule has 4 aliphatic rings. The molecular formula is C56H80O14S. The second-order valence-corrected chi connectivity index (χ2v) is 21.0. The molecular weight excluding hydrogens is 929 g/mol. The molecule has 71 heavy (non-hydrogen) atoms. The molecule has 1 unspecified atom stereocenters. The van der Waals surface area contributed by atoms with E-state index in [9.17, 15) is 33.0 Å². The number of allylic oxidation sites excluding steroid dienone is 2. The highest BCUT2D eigenvalue weighted by atomic mass is 32.2. The van der Waals surface area contributed by atoms with Gasteiger partial charge < -0.3 is 39.4 Å². The van der Waals surface area contributed by atoms with E-state index in [-0.39, 0.29) is 54.1 Å². The van der Waals surface area contributed by atoms with Crippen molar-refractivity contribution < 1.29 is 66.7 Å². The Morgan fingerprint density at radius 3 is 1.97 bits per heavy atom. The van der Waals surface area contributed by atoms with E-state index in [1.807, 2.05) is 57.2 Å². The number of rotatable bonds is 21. The van der Waals surface area contributed by atoms with Gasteiger partial charge >= 0.3 is 11.9 Å². The fourth-order valence-electron chi connectivity index (χ4n) is 10.1. The first-order valence-corrected chi connectivity index (χ1v) is 26.9. The molecule has 394 valence electrons. The molecule has 2 saturated heterocycles. The summed E-state index contributed by atoms with van der Waals surface area (Å²) < 4.78 is 52.2. The molecule has 8 atom stereocenters. The van der Waals surface area contributed by atoms with Gasteiger partial charge in [0.1, 0.15) is 11.9 Å². The predicted octanol–water partition coefficient (Wildman–Crippen LogP) is 8.34. The van der Waals surface area contributed by atoms with Gasteiger partial charge in [0.25, 0.3) is 10.1 Å². The van der Waals surface area contributed by atoms with Crippen LogP contribution in [-0.4, -0.2) is 108 Å². The number of hydrogen-bond acceptors (Lipinski definition) is 13. The standard InChI is InChI=1S/C28H42O6.C19H24O3.C7H8O3S.C2H6O2/c1-21(2)34-27(31)13-9-4-3-8-12-23-24(26(30)20-25(23)29)15-17-28(32-18-19-33-28)16-14-22-10-6-5-7-11-22;1-13-11-18-17(12-19(21)22-18)16(13)10-9-15(20)8-7-14-5-3-2-4-6-14;1-6-2-4-7(5-3-6)11(8,9)10;3-1-2-4/h3,5-8,10-11,21,23-26,29-30H,4,9,12-20H2,1-2H3;2-6,13,16-18H,7-12H2,1H3;2-5H,1H3,(H,8,9,10);3-4H,1-2H2/b8-3-;;;/t23-,24-,25+,26-;13-,16+,17-,18?;;/m11../s1. The summed E-state index contributed by atoms with van der Waals surface area (Å²) in [6.45, 7) is 8.72. The van der Waals surface area contributed by atoms with Crippen molar-refractivity contribution in [3.8, 4) is 0 Å². The Balaban J connectivity index is 0.000000250. The first-order valence-electron chi connectivity index (χ1n) is 25.5. The van der Waals surface area contributed by atoms with Crippen molar-refractivity contribution in [3.63, 3.8) is 0 Å². The number of carbonyl (C=O) groups excluding carboxylic acids is 3. The molecule has 0 radical (unpaired) electrons. The fourth-order valence-corrected chi connectivity index (χ4v) is 10.6. The summed E-state index contributed by atoms with van der Waals surface area (Å²) in [6, 6.07) is 26.5. The van der Waals surface area contributed by atoms with Gasteiger partial charge in [-0.05, 0) is 125 Å². The van der Waals surface area contributed by atoms with Gasteiger partial charge in [0.2, 0.25) is 0 Å². The SMILES string of the molecule is CC(C)OC(=O)CCC/C=C\C[C@@H]1[C@@H](CCC2(CCc3ccccc3)OCCO2)[C@H](O)C[C@@H]1O.C[C@@H]1CC2OC(=O)C[C@@H]2[C@H]1CCC(=O)CCc1ccccc1.Cc1ccc(S(=O)(=O)O)cc1.OCCO. The second-order valence-electron chi connectivity index (χ2n) is 19.5. The molecule has 4 fully saturated rings. The number of esters is 2. The maximum absolute atomic E-state index is 12.1. The van der Waals surface area contributed by atoms with Crippen molar-refractivity contribution in [3.05, 3.63) is 114 Å². The first kappa shape index (κ1) is 59.2. The maximum atomic E-state index is 12.1. The molecule has 3 aromatic carbocycles. The monoisotopic (exact) mass is 1010 g/mol. The number of fused-ring (bicyclic) bond motifs is 1. The normalized spacial score (nSPS) is 24.2. The molecule has 5 N–H and O–H groups in total. The van der Waals surface area contributed by atoms with Crippen LogP contribution < -0.4 is 0 Å². The lowest BCUT2D eigenvalue weighted by Crippen LogP contribution is -2.33. The smallest absolute Gasteiger partial charge is 0.306 e. The highest BCUT2D eigenvalue weighted by Gasteiger charge is 2.48. The van der Waals surface area contributed by atoms with Gasteiger partial charge in [-0.1, -0.05) is 97.4 Å². The molecule has 2 aliphatic carbocycles. The topological polar surface area (TPSA) is 223 Å². The molecule has 0 amide bonds. The minimum Gasteiger partial charge on any atom is -0.463 e. The number of aliphatic hydroxyl groups excluding tert-OH is 4. The number of Topliss-reactive ketones (excluding diaryl/α,β-unsaturated/α-hetero) is 1. The number of ether oxygens (including phenoxy) is 4. The van der Waals surface area contributed by atoms with Crippen LogP contribution in [0.25, 0.3) is 0 Å². The predicted molar refractivity (Wildman–Crippen MR) is 271 cm³/mol. The van der Waals surface area contributed by atoms with Crippen LogP contribution >= 0.6 is 0 Å². The van der Waals surface area contributed by atoms with Crippen molar-refractivity contribution in [1.82, 2.24) is 0 Å². The number of ketones is 1. The van der Waals surface area contributed by atoms with Crippen LogP contribution in [0, 0.1) is 36.5 Å². The van der Waals surface area contributed by atoms with E-state index in [1.54, 1.807) is 12.1 Å². The maximum Gasteiger partial charge on any atom is 0.306 e. The average molecular weight is 1010 g/mol. The highest BCUT2D eigenvalue weighted by molar-refractivity contribution is 7.85. The summed E-state index contributed by atoms with van der Waals surface area (Å²) in [5, 5.41) is 36.5. The van der Waals surface area contributed by atoms with E-state index in [2.05, 4.69) is 43.3 Å². The zero-order valence-electron chi connectivity index (χ0n) is 42.2. The van der Waals surface area contributed by atoms with Crippen molar-refractivity contribution in [2.45, 2.75) is 159 Å². The van der Waals surface area contributed by atoms with E-state index < -0.39 is 28.1 Å². The van der Waals surface area contributed by atoms with Crippen LogP contribution in [0.5, 0.6) is 0 Å². The largest absolute Gasteiger partial charge is 0.463 e. The Morgan fingerprint density at radius 1 is 0.775 bits per heavy atom. The zero-order valence-corrected chi connectivity index (χ0v) is 43.0. The van der Waals surface area contributed by atoms with Gasteiger partial charge in [-0.2, -0.15) is 8.42 Å². The van der Waals surface area contributed by atoms with E-state index in [0.29, 0.717) is 75.3 Å². The van der Waals surface area contributed by atoms with Gasteiger partial charge in [-0.3, -0.25) is 18.9 Å². The van der Waals surface area contributed by atoms with E-state index in [1.165, 1.54) is 23.3 Å². The number of aryl methyl sites for hydroxylation is 3. The van der Waals surface area contributed by atoms with Crippen LogP contribution in [0.4, 0.5) is 0 Å². The fraction of sp³-hybridized carbons (Fsp3) is 0.589. The van der Waals surface area contributed by atoms with Gasteiger partial charge in [0.05, 0.1) is 56.1 Å². The van der Waals surface area contributed by atoms with Gasteiger partial charge in [-0.25, -0.2) is 0 Å². The van der Waals surface area contributed by atoms with Gasteiger partial charge in [-0.15, -0.1) is 0 Å². The van der Waals surface area contributed by atoms with Crippen molar-refractivity contribution >= 4 is 27.8 Å². The number of unbranched alkanes of at least 4 members (excludes halogenated alkanes) is 1. The van der Waals surface area contributed by atoms with Crippen LogP contribution in [-0.2, 0) is 56.3 Å². The summed E-state index contributed by atoms with van der Waals surface area (Å²) in [4.78, 5) is 35.1. The molecule has 0 bridgehead atoms. The number of hydrogen-bond donors (Lipinski definition) is 5. The van der Waals surface area contributed by atoms with Crippen LogP contribution in [0.2, 0.25) is 0 Å². The third-order valence-electron chi connectivity index (χ3n) is 13.8. The molecule has 2 aliphatic heterocycles. The molecule has 2 saturated carbocycles. The van der Waals surface area contributed by atoms with E-state index in [4.69, 9.17) is 33.7 Å². The van der Waals surface area contributed by atoms with Crippen molar-refractivity contribution in [1.29, 1.82) is 0 Å². The summed E-state index contributed by atoms with van der Waals surface area (Å²) in [5.41, 5.74) is 3.44. The first-order chi connectivity index (χ1) is 33.9. The Morgan fingerprint density at radius 2 is 1.38 bits per heavy atom. The minimum atomic E-state index is -4.02. The van der Waals surface area contributed by atoms with Gasteiger partial charge in [0.15, 0.2) is 5.79 Å². The number of carbonyl (C=O) groups is 3. The second kappa shape index (κ2) is 30.7. The number of benzene rings is 3. The van der Waals surface area contributed by atoms with Crippen LogP contribution in [0.3, 0.4) is 0 Å². The Labute approximate surface area is 421 Å². The van der Waals surface area contributed by atoms with E-state index in [0.717, 1.165) is 63.4 Å². The molecule has 3 aromatic rings. The van der Waals surface area contributed by atoms with Gasteiger partial charge in [0, 0.05) is 38.0 Å². The van der Waals surface area contributed by atoms with Crippen molar-refractivity contribution in [2.75, 3.05) is 26.4 Å². The highest BCUT2D eigenvalue weighted by Crippen LogP contribution is 2.47. The lowest BCUT2D eigenvalue weighted by molar-refractivity contribution is -0.170. The number of aliphatic hydroxyl groups is 4. The average Bonchev–Trinajstić information content (AvgIpc) is 4.10. The molecule has 0 aromatic heterocycles. The third kappa shape index (κ3) is 21.0. The molecule has 15 heteroatoms. The Kier molecular flexibility index (Phi) is 25.6. The van der Waals surface area contributed by atoms with Crippen LogP contribution in [0.15, 0.2) is 102 Å². The van der Waals surface area contributed by atoms with E-state index >= 15 is 0 Å². The molecule has 2 heterocycles. The Hall–Kier alpha value is -4.32.